The van der Waals surface area contributed by atoms with Crippen LogP contribution in [0.4, 0.5) is 0 Å². The van der Waals surface area contributed by atoms with E-state index in [0.29, 0.717) is 5.69 Å². The monoisotopic (exact) mass is 281 g/mol. The van der Waals surface area contributed by atoms with E-state index in [1.807, 2.05) is 6.07 Å². The Labute approximate surface area is 99.9 Å². The van der Waals surface area contributed by atoms with Gasteiger partial charge in [-0.25, -0.2) is 4.79 Å². The molecule has 2 rings (SSSR count). The fraction of sp³-hybridized carbons (Fsp3) is 0.100. The largest absolute Gasteiger partial charge is 0.476 e. The van der Waals surface area contributed by atoms with Gasteiger partial charge >= 0.3 is 5.97 Å². The average Bonchev–Trinajstić information content (AvgIpc) is 2.60. The number of aryl methyl sites for hydroxylation is 1. The maximum atomic E-state index is 10.8. The number of aromatic nitrogens is 3. The normalized spacial score (nSPS) is 10.4. The fourth-order valence-corrected chi connectivity index (χ4v) is 1.76. The first kappa shape index (κ1) is 10.8. The van der Waals surface area contributed by atoms with Crippen molar-refractivity contribution in [1.29, 1.82) is 0 Å². The average molecular weight is 282 g/mol. The Kier molecular flexibility index (Phi) is 2.74. The molecule has 6 heteroatoms. The molecule has 0 aliphatic rings. The van der Waals surface area contributed by atoms with Crippen LogP contribution in [0.3, 0.4) is 0 Å². The van der Waals surface area contributed by atoms with Crippen LogP contribution in [0.2, 0.25) is 0 Å². The minimum Gasteiger partial charge on any atom is -0.476 e. The number of pyridine rings is 1. The molecule has 82 valence electrons. The molecule has 0 bridgehead atoms. The molecular formula is C10H8BrN3O2. The lowest BCUT2D eigenvalue weighted by Gasteiger charge is -2.00. The van der Waals surface area contributed by atoms with Gasteiger partial charge in [0.1, 0.15) is 0 Å². The van der Waals surface area contributed by atoms with Gasteiger partial charge < -0.3 is 5.11 Å². The Bertz CT molecular complexity index is 551. The molecule has 1 N–H and O–H groups in total. The maximum Gasteiger partial charge on any atom is 0.356 e. The van der Waals surface area contributed by atoms with E-state index in [1.54, 1.807) is 19.4 Å². The number of hydrogen-bond acceptors (Lipinski definition) is 3. The van der Waals surface area contributed by atoms with Gasteiger partial charge in [-0.2, -0.15) is 5.10 Å². The van der Waals surface area contributed by atoms with Gasteiger partial charge in [-0.15, -0.1) is 0 Å². The predicted octanol–water partition coefficient (Wildman–Crippen LogP) is 1.94. The van der Waals surface area contributed by atoms with Crippen molar-refractivity contribution in [1.82, 2.24) is 14.8 Å². The smallest absolute Gasteiger partial charge is 0.356 e. The van der Waals surface area contributed by atoms with Crippen LogP contribution in [0.5, 0.6) is 0 Å². The van der Waals surface area contributed by atoms with E-state index in [1.165, 1.54) is 10.7 Å². The molecular weight excluding hydrogens is 274 g/mol. The summed E-state index contributed by atoms with van der Waals surface area (Å²) in [5.41, 5.74) is 1.56. The molecule has 0 aliphatic carbocycles. The van der Waals surface area contributed by atoms with Gasteiger partial charge in [-0.05, 0) is 28.1 Å². The third kappa shape index (κ3) is 1.96. The van der Waals surface area contributed by atoms with Gasteiger partial charge in [-0.3, -0.25) is 9.67 Å². The topological polar surface area (TPSA) is 68.0 Å². The maximum absolute atomic E-state index is 10.8. The van der Waals surface area contributed by atoms with E-state index in [0.717, 1.165) is 10.0 Å². The zero-order valence-corrected chi connectivity index (χ0v) is 9.97. The van der Waals surface area contributed by atoms with Gasteiger partial charge in [-0.1, -0.05) is 0 Å². The molecule has 0 saturated heterocycles. The third-order valence-electron chi connectivity index (χ3n) is 2.10. The molecule has 16 heavy (non-hydrogen) atoms. The molecule has 0 spiro atoms. The molecule has 0 aromatic carbocycles. The van der Waals surface area contributed by atoms with E-state index in [9.17, 15) is 4.79 Å². The van der Waals surface area contributed by atoms with Gasteiger partial charge in [0.25, 0.3) is 0 Å². The molecule has 0 radical (unpaired) electrons. The minimum absolute atomic E-state index is 0.0254. The predicted molar refractivity (Wildman–Crippen MR) is 61.1 cm³/mol. The molecule has 5 nitrogen and oxygen atoms in total. The van der Waals surface area contributed by atoms with Crippen LogP contribution < -0.4 is 0 Å². The fourth-order valence-electron chi connectivity index (χ4n) is 1.39. The van der Waals surface area contributed by atoms with E-state index in [2.05, 4.69) is 26.0 Å². The summed E-state index contributed by atoms with van der Waals surface area (Å²) in [6.45, 7) is 0. The second-order valence-corrected chi connectivity index (χ2v) is 4.15. The first-order valence-electron chi connectivity index (χ1n) is 4.46. The molecule has 2 aromatic heterocycles. The van der Waals surface area contributed by atoms with Crippen LogP contribution in [0.25, 0.3) is 11.3 Å². The first-order valence-corrected chi connectivity index (χ1v) is 5.25. The highest BCUT2D eigenvalue weighted by molar-refractivity contribution is 9.10. The number of carboxylic acid groups (broad SMARTS) is 1. The molecule has 0 fully saturated rings. The Hall–Kier alpha value is -1.69. The summed E-state index contributed by atoms with van der Waals surface area (Å²) < 4.78 is 2.36. The van der Waals surface area contributed by atoms with Crippen molar-refractivity contribution in [3.8, 4) is 11.3 Å². The summed E-state index contributed by atoms with van der Waals surface area (Å²) >= 11 is 3.31. The SMILES string of the molecule is Cn1nc(C(=O)O)cc1-c1cncc(Br)c1. The Morgan fingerprint density at radius 3 is 2.75 bits per heavy atom. The number of hydrogen-bond donors (Lipinski definition) is 1. The summed E-state index contributed by atoms with van der Waals surface area (Å²) in [6.07, 6.45) is 3.32. The lowest BCUT2D eigenvalue weighted by atomic mass is 10.2. The highest BCUT2D eigenvalue weighted by Crippen LogP contribution is 2.22. The second-order valence-electron chi connectivity index (χ2n) is 3.24. The molecule has 0 atom stereocenters. The van der Waals surface area contributed by atoms with Crippen LogP contribution in [0.15, 0.2) is 29.0 Å². The van der Waals surface area contributed by atoms with Crippen molar-refractivity contribution >= 4 is 21.9 Å². The van der Waals surface area contributed by atoms with E-state index < -0.39 is 5.97 Å². The number of rotatable bonds is 2. The zero-order chi connectivity index (χ0) is 11.7. The molecule has 0 unspecified atom stereocenters. The molecule has 0 amide bonds. The van der Waals surface area contributed by atoms with Crippen LogP contribution >= 0.6 is 15.9 Å². The van der Waals surface area contributed by atoms with Crippen molar-refractivity contribution in [2.24, 2.45) is 7.05 Å². The highest BCUT2D eigenvalue weighted by Gasteiger charge is 2.12. The highest BCUT2D eigenvalue weighted by atomic mass is 79.9. The number of carboxylic acids is 1. The van der Waals surface area contributed by atoms with E-state index in [4.69, 9.17) is 5.11 Å². The van der Waals surface area contributed by atoms with Gasteiger partial charge in [0.2, 0.25) is 0 Å². The number of aromatic carboxylic acids is 1. The lowest BCUT2D eigenvalue weighted by molar-refractivity contribution is 0.0689. The van der Waals surface area contributed by atoms with Crippen molar-refractivity contribution in [2.75, 3.05) is 0 Å². The van der Waals surface area contributed by atoms with E-state index >= 15 is 0 Å². The summed E-state index contributed by atoms with van der Waals surface area (Å²) in [7, 11) is 1.70. The quantitative estimate of drug-likeness (QED) is 0.914. The summed E-state index contributed by atoms with van der Waals surface area (Å²) in [4.78, 5) is 14.8. The Morgan fingerprint density at radius 1 is 1.44 bits per heavy atom. The van der Waals surface area contributed by atoms with E-state index in [-0.39, 0.29) is 5.69 Å². The second kappa shape index (κ2) is 4.05. The third-order valence-corrected chi connectivity index (χ3v) is 2.53. The minimum atomic E-state index is -1.04. The Balaban J connectivity index is 2.52. The molecule has 2 aromatic rings. The first-order chi connectivity index (χ1) is 7.58. The molecule has 0 saturated carbocycles. The lowest BCUT2D eigenvalue weighted by Crippen LogP contribution is -1.99. The van der Waals surface area contributed by atoms with Crippen molar-refractivity contribution in [2.45, 2.75) is 0 Å². The van der Waals surface area contributed by atoms with Crippen molar-refractivity contribution in [3.63, 3.8) is 0 Å². The summed E-state index contributed by atoms with van der Waals surface area (Å²) in [5, 5.41) is 12.7. The van der Waals surface area contributed by atoms with Crippen LogP contribution in [0, 0.1) is 0 Å². The number of carbonyl (C=O) groups is 1. The van der Waals surface area contributed by atoms with Crippen LogP contribution in [-0.2, 0) is 7.05 Å². The molecule has 0 aliphatic heterocycles. The van der Waals surface area contributed by atoms with Gasteiger partial charge in [0.15, 0.2) is 5.69 Å². The number of halogens is 1. The van der Waals surface area contributed by atoms with Gasteiger partial charge in [0.05, 0.1) is 5.69 Å². The summed E-state index contributed by atoms with van der Waals surface area (Å²) in [5.74, 6) is -1.04. The van der Waals surface area contributed by atoms with Crippen molar-refractivity contribution in [3.05, 3.63) is 34.7 Å². The standard InChI is InChI=1S/C10H8BrN3O2/c1-14-9(3-8(13-14)10(15)16)6-2-7(11)5-12-4-6/h2-5H,1H3,(H,15,16). The molecule has 2 heterocycles. The number of nitrogens with zero attached hydrogens (tertiary/aromatic N) is 3. The summed E-state index contributed by atoms with van der Waals surface area (Å²) in [6, 6.07) is 3.38. The van der Waals surface area contributed by atoms with Crippen LogP contribution in [-0.4, -0.2) is 25.8 Å². The Morgan fingerprint density at radius 2 is 2.19 bits per heavy atom. The zero-order valence-electron chi connectivity index (χ0n) is 8.38. The van der Waals surface area contributed by atoms with Crippen LogP contribution in [0.1, 0.15) is 10.5 Å². The van der Waals surface area contributed by atoms with Gasteiger partial charge in [0, 0.05) is 29.5 Å². The van der Waals surface area contributed by atoms with Crippen molar-refractivity contribution < 1.29 is 9.90 Å².